The smallest absolute Gasteiger partial charge is 0.247 e. The Morgan fingerprint density at radius 1 is 1.12 bits per heavy atom. The van der Waals surface area contributed by atoms with Crippen LogP contribution in [-0.4, -0.2) is 26.8 Å². The lowest BCUT2D eigenvalue weighted by Crippen LogP contribution is -2.36. The Kier molecular flexibility index (Phi) is 6.46. The van der Waals surface area contributed by atoms with Crippen LogP contribution in [0.2, 0.25) is 0 Å². The summed E-state index contributed by atoms with van der Waals surface area (Å²) in [4.78, 5) is 19.3. The topological polar surface area (TPSA) is 68.2 Å². The molecule has 0 N–H and O–H groups in total. The molecule has 166 valence electrons. The Labute approximate surface area is 193 Å². The van der Waals surface area contributed by atoms with Gasteiger partial charge in [-0.15, -0.1) is 10.2 Å². The van der Waals surface area contributed by atoms with Gasteiger partial charge in [0.05, 0.1) is 5.69 Å². The Morgan fingerprint density at radius 2 is 1.91 bits per heavy atom. The molecule has 2 heterocycles. The number of nitrogens with zero attached hydrogens (tertiary/aromatic N) is 4. The number of aromatic nitrogens is 3. The molecule has 0 saturated heterocycles. The van der Waals surface area contributed by atoms with E-state index in [9.17, 15) is 4.79 Å². The molecule has 7 heteroatoms. The van der Waals surface area contributed by atoms with Gasteiger partial charge in [-0.05, 0) is 38.3 Å². The molecule has 4 rings (SSSR count). The van der Waals surface area contributed by atoms with E-state index in [1.165, 1.54) is 0 Å². The van der Waals surface area contributed by atoms with E-state index in [4.69, 9.17) is 9.72 Å². The van der Waals surface area contributed by atoms with Gasteiger partial charge in [-0.1, -0.05) is 67.1 Å². The molecular weight excluding hydrogens is 420 g/mol. The number of carbonyl (C=O) groups excluding carboxylic acids is 1. The molecule has 1 unspecified atom stereocenters. The van der Waals surface area contributed by atoms with Crippen molar-refractivity contribution in [3.8, 4) is 17.1 Å². The number of anilines is 1. The van der Waals surface area contributed by atoms with Crippen LogP contribution in [0.5, 0.6) is 5.88 Å². The van der Waals surface area contributed by atoms with E-state index in [0.29, 0.717) is 22.6 Å². The van der Waals surface area contributed by atoms with Crippen molar-refractivity contribution in [3.05, 3.63) is 59.2 Å². The summed E-state index contributed by atoms with van der Waals surface area (Å²) in [5.74, 6) is 1.80. The molecule has 32 heavy (non-hydrogen) atoms. The zero-order valence-electron chi connectivity index (χ0n) is 19.1. The summed E-state index contributed by atoms with van der Waals surface area (Å²) in [6.07, 6.45) is 0.415. The van der Waals surface area contributed by atoms with E-state index in [1.807, 2.05) is 56.3 Å². The number of carbonyl (C=O) groups is 1. The summed E-state index contributed by atoms with van der Waals surface area (Å²) in [6, 6.07) is 13.9. The Balaban J connectivity index is 1.85. The van der Waals surface area contributed by atoms with Crippen LogP contribution in [0.15, 0.2) is 47.6 Å². The van der Waals surface area contributed by atoms with Crippen LogP contribution in [0, 0.1) is 19.8 Å². The summed E-state index contributed by atoms with van der Waals surface area (Å²) < 4.78 is 6.44. The number of hydrogen-bond donors (Lipinski definition) is 0. The molecule has 2 aromatic carbocycles. The minimum Gasteiger partial charge on any atom is -0.447 e. The van der Waals surface area contributed by atoms with Crippen molar-refractivity contribution in [1.82, 2.24) is 15.2 Å². The number of rotatable bonds is 5. The summed E-state index contributed by atoms with van der Waals surface area (Å²) in [6.45, 7) is 9.98. The maximum atomic E-state index is 12.9. The number of benzene rings is 2. The number of ether oxygens (including phenoxy) is 1. The minimum absolute atomic E-state index is 0.117. The standard InChI is InChI=1S/C25H28N4O2S/c1-15(2)11-12-32-25-26-23-22(27-28-25)20-14-17(4)9-10-21(20)29(18(5)30)24(31-23)19-8-6-7-16(3)13-19/h6-10,13-15,24H,11-12H2,1-5H3. The molecule has 0 radical (unpaired) electrons. The molecule has 3 aromatic rings. The van der Waals surface area contributed by atoms with Crippen LogP contribution in [0.4, 0.5) is 5.69 Å². The number of fused-ring (bicyclic) bond motifs is 3. The highest BCUT2D eigenvalue weighted by atomic mass is 32.2. The van der Waals surface area contributed by atoms with Crippen molar-refractivity contribution >= 4 is 23.4 Å². The van der Waals surface area contributed by atoms with Crippen molar-refractivity contribution in [2.75, 3.05) is 10.7 Å². The monoisotopic (exact) mass is 448 g/mol. The maximum absolute atomic E-state index is 12.9. The molecule has 1 aromatic heterocycles. The molecule has 1 amide bonds. The predicted molar refractivity (Wildman–Crippen MR) is 128 cm³/mol. The first-order valence-corrected chi connectivity index (χ1v) is 11.8. The molecule has 1 aliphatic heterocycles. The number of hydrogen-bond acceptors (Lipinski definition) is 6. The van der Waals surface area contributed by atoms with E-state index in [-0.39, 0.29) is 5.91 Å². The van der Waals surface area contributed by atoms with Crippen LogP contribution >= 0.6 is 11.8 Å². The van der Waals surface area contributed by atoms with Gasteiger partial charge in [0.25, 0.3) is 0 Å². The fourth-order valence-electron chi connectivity index (χ4n) is 3.71. The summed E-state index contributed by atoms with van der Waals surface area (Å²) in [5.41, 5.74) is 5.12. The lowest BCUT2D eigenvalue weighted by molar-refractivity contribution is -0.118. The summed E-state index contributed by atoms with van der Waals surface area (Å²) in [5, 5.41) is 9.44. The molecule has 1 aliphatic rings. The van der Waals surface area contributed by atoms with Crippen LogP contribution in [0.25, 0.3) is 11.3 Å². The van der Waals surface area contributed by atoms with Gasteiger partial charge < -0.3 is 4.74 Å². The van der Waals surface area contributed by atoms with Crippen molar-refractivity contribution in [2.45, 2.75) is 52.4 Å². The third kappa shape index (κ3) is 4.63. The van der Waals surface area contributed by atoms with Crippen molar-refractivity contribution < 1.29 is 9.53 Å². The van der Waals surface area contributed by atoms with Gasteiger partial charge in [-0.3, -0.25) is 9.69 Å². The Morgan fingerprint density at radius 3 is 2.62 bits per heavy atom. The van der Waals surface area contributed by atoms with E-state index in [1.54, 1.807) is 23.6 Å². The second-order valence-corrected chi connectivity index (χ2v) is 9.64. The van der Waals surface area contributed by atoms with Crippen molar-refractivity contribution in [2.24, 2.45) is 5.92 Å². The minimum atomic E-state index is -0.652. The van der Waals surface area contributed by atoms with Gasteiger partial charge in [-0.25, -0.2) is 0 Å². The summed E-state index contributed by atoms with van der Waals surface area (Å²) in [7, 11) is 0. The predicted octanol–water partition coefficient (Wildman–Crippen LogP) is 5.74. The first-order chi connectivity index (χ1) is 15.3. The average Bonchev–Trinajstić information content (AvgIpc) is 2.87. The SMILES string of the molecule is CC(=O)N1c2ccc(C)cc2-c2nnc(SCCC(C)C)nc2OC1c1cccc(C)c1. The first kappa shape index (κ1) is 22.3. The summed E-state index contributed by atoms with van der Waals surface area (Å²) >= 11 is 1.57. The maximum Gasteiger partial charge on any atom is 0.247 e. The largest absolute Gasteiger partial charge is 0.447 e. The van der Waals surface area contributed by atoms with E-state index < -0.39 is 6.23 Å². The highest BCUT2D eigenvalue weighted by Crippen LogP contribution is 2.43. The van der Waals surface area contributed by atoms with Gasteiger partial charge in [0, 0.05) is 23.8 Å². The third-order valence-corrected chi connectivity index (χ3v) is 6.22. The van der Waals surface area contributed by atoms with Crippen molar-refractivity contribution in [1.29, 1.82) is 0 Å². The zero-order valence-corrected chi connectivity index (χ0v) is 19.9. The quantitative estimate of drug-likeness (QED) is 0.464. The normalized spacial score (nSPS) is 15.1. The van der Waals surface area contributed by atoms with Gasteiger partial charge in [0.2, 0.25) is 23.2 Å². The van der Waals surface area contributed by atoms with Gasteiger partial charge >= 0.3 is 0 Å². The number of aryl methyl sites for hydroxylation is 2. The van der Waals surface area contributed by atoms with Gasteiger partial charge in [0.1, 0.15) is 0 Å². The highest BCUT2D eigenvalue weighted by molar-refractivity contribution is 7.99. The Hall–Kier alpha value is -2.93. The van der Waals surface area contributed by atoms with E-state index in [2.05, 4.69) is 24.0 Å². The van der Waals surface area contributed by atoms with Crippen LogP contribution in [0.1, 0.15) is 50.1 Å². The molecule has 0 fully saturated rings. The van der Waals surface area contributed by atoms with Crippen LogP contribution in [0.3, 0.4) is 0 Å². The number of amides is 1. The second-order valence-electron chi connectivity index (χ2n) is 8.57. The molecular formula is C25H28N4O2S. The fraction of sp³-hybridized carbons (Fsp3) is 0.360. The molecule has 0 saturated carbocycles. The Bertz CT molecular complexity index is 1150. The average molecular weight is 449 g/mol. The lowest BCUT2D eigenvalue weighted by atomic mass is 10.0. The van der Waals surface area contributed by atoms with Crippen LogP contribution < -0.4 is 9.64 Å². The number of thioether (sulfide) groups is 1. The fourth-order valence-corrected chi connectivity index (χ4v) is 4.72. The van der Waals surface area contributed by atoms with E-state index in [0.717, 1.165) is 40.1 Å². The highest BCUT2D eigenvalue weighted by Gasteiger charge is 2.34. The molecule has 0 aliphatic carbocycles. The molecule has 6 nitrogen and oxygen atoms in total. The molecule has 0 bridgehead atoms. The lowest BCUT2D eigenvalue weighted by Gasteiger charge is -2.30. The molecule has 0 spiro atoms. The zero-order chi connectivity index (χ0) is 22.8. The van der Waals surface area contributed by atoms with Gasteiger partial charge in [-0.2, -0.15) is 4.98 Å². The first-order valence-electron chi connectivity index (χ1n) is 10.8. The van der Waals surface area contributed by atoms with Crippen molar-refractivity contribution in [3.63, 3.8) is 0 Å². The van der Waals surface area contributed by atoms with Crippen LogP contribution in [-0.2, 0) is 4.79 Å². The van der Waals surface area contributed by atoms with Gasteiger partial charge in [0.15, 0.2) is 5.69 Å². The second kappa shape index (κ2) is 9.28. The van der Waals surface area contributed by atoms with E-state index >= 15 is 0 Å². The third-order valence-electron chi connectivity index (χ3n) is 5.35. The molecule has 1 atom stereocenters.